The van der Waals surface area contributed by atoms with E-state index >= 15 is 0 Å². The summed E-state index contributed by atoms with van der Waals surface area (Å²) < 4.78 is 0.952. The van der Waals surface area contributed by atoms with E-state index in [1.165, 1.54) is 0 Å². The smallest absolute Gasteiger partial charge is 0.223 e. The van der Waals surface area contributed by atoms with Gasteiger partial charge in [0.25, 0.3) is 0 Å². The normalized spacial score (nSPS) is 23.6. The molecule has 20 heavy (non-hydrogen) atoms. The first-order valence-corrected chi connectivity index (χ1v) is 8.20. The Balaban J connectivity index is 1.55. The van der Waals surface area contributed by atoms with Gasteiger partial charge >= 0.3 is 0 Å². The minimum atomic E-state index is 0.186. The summed E-state index contributed by atoms with van der Waals surface area (Å²) >= 11 is 9.54. The molecular weight excluding hydrogens is 340 g/mol. The molecule has 1 saturated heterocycles. The van der Waals surface area contributed by atoms with Crippen molar-refractivity contribution in [3.8, 4) is 0 Å². The Morgan fingerprint density at radius 3 is 2.90 bits per heavy atom. The van der Waals surface area contributed by atoms with E-state index in [0.29, 0.717) is 17.0 Å². The number of amides is 1. The largest absolute Gasteiger partial charge is 0.352 e. The molecule has 2 N–H and O–H groups in total. The second-order valence-electron chi connectivity index (χ2n) is 5.82. The van der Waals surface area contributed by atoms with Crippen LogP contribution in [0.25, 0.3) is 0 Å². The molecule has 0 radical (unpaired) electrons. The molecule has 0 bridgehead atoms. The summed E-state index contributed by atoms with van der Waals surface area (Å²) in [6, 6.07) is 5.74. The first kappa shape index (κ1) is 14.4. The molecular formula is C15H18BrClN2O. The number of nitrogens with one attached hydrogen (secondary N) is 2. The van der Waals surface area contributed by atoms with Crippen LogP contribution in [-0.2, 0) is 11.3 Å². The minimum absolute atomic E-state index is 0.186. The molecule has 1 atom stereocenters. The first-order chi connectivity index (χ1) is 9.61. The molecule has 1 aliphatic carbocycles. The summed E-state index contributed by atoms with van der Waals surface area (Å²) in [4.78, 5) is 12.2. The molecule has 0 aromatic heterocycles. The molecule has 2 aliphatic rings. The number of rotatable bonds is 3. The number of piperidine rings is 1. The van der Waals surface area contributed by atoms with Gasteiger partial charge in [0.2, 0.25) is 5.91 Å². The van der Waals surface area contributed by atoms with Crippen molar-refractivity contribution in [3.05, 3.63) is 33.3 Å². The second-order valence-corrected chi connectivity index (χ2v) is 7.15. The average Bonchev–Trinajstić information content (AvgIpc) is 3.12. The Labute approximate surface area is 132 Å². The standard InChI is InChI=1S/C15H18BrClN2O/c16-11-2-1-10(13(17)7-11)9-19-14(20)12-8-15(12)3-5-18-6-4-15/h1-2,7,12,18H,3-6,8-9H2,(H,19,20). The Morgan fingerprint density at radius 1 is 1.45 bits per heavy atom. The Kier molecular flexibility index (Phi) is 4.07. The van der Waals surface area contributed by atoms with Crippen molar-refractivity contribution in [1.82, 2.24) is 10.6 Å². The zero-order valence-corrected chi connectivity index (χ0v) is 13.6. The van der Waals surface area contributed by atoms with Gasteiger partial charge in [0.1, 0.15) is 0 Å². The van der Waals surface area contributed by atoms with E-state index < -0.39 is 0 Å². The molecule has 1 heterocycles. The lowest BCUT2D eigenvalue weighted by Gasteiger charge is -2.23. The van der Waals surface area contributed by atoms with E-state index in [1.54, 1.807) is 0 Å². The number of halogens is 2. The summed E-state index contributed by atoms with van der Waals surface area (Å²) in [6.45, 7) is 2.60. The molecule has 1 spiro atoms. The van der Waals surface area contributed by atoms with Crippen LogP contribution in [0.2, 0.25) is 5.02 Å². The summed E-state index contributed by atoms with van der Waals surface area (Å²) in [7, 11) is 0. The highest BCUT2D eigenvalue weighted by Gasteiger charge is 2.57. The van der Waals surface area contributed by atoms with Gasteiger partial charge in [-0.25, -0.2) is 0 Å². The van der Waals surface area contributed by atoms with Crippen LogP contribution in [0.5, 0.6) is 0 Å². The van der Waals surface area contributed by atoms with Gasteiger partial charge in [0.05, 0.1) is 0 Å². The molecule has 1 aromatic carbocycles. The maximum atomic E-state index is 12.2. The highest BCUT2D eigenvalue weighted by Crippen LogP contribution is 2.58. The summed E-state index contributed by atoms with van der Waals surface area (Å²) in [6.07, 6.45) is 3.31. The van der Waals surface area contributed by atoms with Gasteiger partial charge in [0.15, 0.2) is 0 Å². The van der Waals surface area contributed by atoms with Gasteiger partial charge < -0.3 is 10.6 Å². The lowest BCUT2D eigenvalue weighted by atomic mass is 9.92. The van der Waals surface area contributed by atoms with Crippen LogP contribution in [0, 0.1) is 11.3 Å². The van der Waals surface area contributed by atoms with Crippen LogP contribution in [0.3, 0.4) is 0 Å². The van der Waals surface area contributed by atoms with Crippen molar-refractivity contribution in [1.29, 1.82) is 0 Å². The maximum Gasteiger partial charge on any atom is 0.223 e. The fourth-order valence-corrected chi connectivity index (χ4v) is 3.91. The van der Waals surface area contributed by atoms with Crippen LogP contribution in [0.15, 0.2) is 22.7 Å². The molecule has 3 rings (SSSR count). The van der Waals surface area contributed by atoms with E-state index in [9.17, 15) is 4.79 Å². The van der Waals surface area contributed by atoms with Crippen LogP contribution in [0.1, 0.15) is 24.8 Å². The van der Waals surface area contributed by atoms with Crippen molar-refractivity contribution in [2.75, 3.05) is 13.1 Å². The number of hydrogen-bond donors (Lipinski definition) is 2. The lowest BCUT2D eigenvalue weighted by Crippen LogP contribution is -2.33. The second kappa shape index (κ2) is 5.66. The Morgan fingerprint density at radius 2 is 2.20 bits per heavy atom. The molecule has 2 fully saturated rings. The fraction of sp³-hybridized carbons (Fsp3) is 0.533. The fourth-order valence-electron chi connectivity index (χ4n) is 3.17. The van der Waals surface area contributed by atoms with Gasteiger partial charge in [-0.15, -0.1) is 0 Å². The molecule has 1 unspecified atom stereocenters. The van der Waals surface area contributed by atoms with E-state index in [1.807, 2.05) is 18.2 Å². The first-order valence-electron chi connectivity index (χ1n) is 7.03. The molecule has 1 saturated carbocycles. The Hall–Kier alpha value is -0.580. The number of hydrogen-bond acceptors (Lipinski definition) is 2. The van der Waals surface area contributed by atoms with Crippen molar-refractivity contribution in [2.45, 2.75) is 25.8 Å². The third-order valence-corrected chi connectivity index (χ3v) is 5.42. The average molecular weight is 358 g/mol. The van der Waals surface area contributed by atoms with Gasteiger partial charge in [-0.1, -0.05) is 33.6 Å². The quantitative estimate of drug-likeness (QED) is 0.873. The van der Waals surface area contributed by atoms with Gasteiger partial charge in [-0.05, 0) is 55.5 Å². The van der Waals surface area contributed by atoms with Crippen LogP contribution < -0.4 is 10.6 Å². The highest BCUT2D eigenvalue weighted by molar-refractivity contribution is 9.10. The van der Waals surface area contributed by atoms with Gasteiger partial charge in [0, 0.05) is 22.0 Å². The predicted molar refractivity (Wildman–Crippen MR) is 83.6 cm³/mol. The van der Waals surface area contributed by atoms with Crippen molar-refractivity contribution in [2.24, 2.45) is 11.3 Å². The predicted octanol–water partition coefficient (Wildman–Crippen LogP) is 3.11. The van der Waals surface area contributed by atoms with Crippen LogP contribution in [-0.4, -0.2) is 19.0 Å². The molecule has 3 nitrogen and oxygen atoms in total. The van der Waals surface area contributed by atoms with Crippen molar-refractivity contribution >= 4 is 33.4 Å². The monoisotopic (exact) mass is 356 g/mol. The third-order valence-electron chi connectivity index (χ3n) is 4.57. The maximum absolute atomic E-state index is 12.2. The van der Waals surface area contributed by atoms with E-state index in [-0.39, 0.29) is 11.8 Å². The molecule has 5 heteroatoms. The van der Waals surface area contributed by atoms with Crippen molar-refractivity contribution in [3.63, 3.8) is 0 Å². The van der Waals surface area contributed by atoms with Gasteiger partial charge in [-0.2, -0.15) is 0 Å². The van der Waals surface area contributed by atoms with Crippen LogP contribution >= 0.6 is 27.5 Å². The van der Waals surface area contributed by atoms with Gasteiger partial charge in [-0.3, -0.25) is 4.79 Å². The SMILES string of the molecule is O=C(NCc1ccc(Br)cc1Cl)C1CC12CCNCC2. The van der Waals surface area contributed by atoms with E-state index in [0.717, 1.165) is 42.4 Å². The highest BCUT2D eigenvalue weighted by atomic mass is 79.9. The number of benzene rings is 1. The van der Waals surface area contributed by atoms with Crippen molar-refractivity contribution < 1.29 is 4.79 Å². The minimum Gasteiger partial charge on any atom is -0.352 e. The molecule has 108 valence electrons. The molecule has 1 amide bonds. The summed E-state index contributed by atoms with van der Waals surface area (Å²) in [5.74, 6) is 0.393. The Bertz CT molecular complexity index is 529. The summed E-state index contributed by atoms with van der Waals surface area (Å²) in [5.41, 5.74) is 1.25. The number of carbonyl (C=O) groups is 1. The zero-order chi connectivity index (χ0) is 14.2. The molecule has 1 aromatic rings. The summed E-state index contributed by atoms with van der Waals surface area (Å²) in [5, 5.41) is 7.08. The zero-order valence-electron chi connectivity index (χ0n) is 11.2. The van der Waals surface area contributed by atoms with Crippen LogP contribution in [0.4, 0.5) is 0 Å². The third kappa shape index (κ3) is 2.87. The lowest BCUT2D eigenvalue weighted by molar-refractivity contribution is -0.123. The molecule has 1 aliphatic heterocycles. The van der Waals surface area contributed by atoms with E-state index in [4.69, 9.17) is 11.6 Å². The topological polar surface area (TPSA) is 41.1 Å². The number of carbonyl (C=O) groups excluding carboxylic acids is 1. The van der Waals surface area contributed by atoms with E-state index in [2.05, 4.69) is 26.6 Å².